The summed E-state index contributed by atoms with van der Waals surface area (Å²) in [5, 5.41) is 0. The first-order chi connectivity index (χ1) is 9.75. The van der Waals surface area contributed by atoms with E-state index in [2.05, 4.69) is 35.0 Å². The second-order valence-corrected chi connectivity index (χ2v) is 4.89. The van der Waals surface area contributed by atoms with Crippen molar-refractivity contribution in [1.29, 1.82) is 0 Å². The molecule has 0 radical (unpaired) electrons. The summed E-state index contributed by atoms with van der Waals surface area (Å²) in [5.41, 5.74) is 3.23. The first-order valence-electron chi connectivity index (χ1n) is 6.63. The summed E-state index contributed by atoms with van der Waals surface area (Å²) in [6.07, 6.45) is 2.08. The zero-order valence-electron chi connectivity index (χ0n) is 11.7. The van der Waals surface area contributed by atoms with Gasteiger partial charge in [0, 0.05) is 31.5 Å². The van der Waals surface area contributed by atoms with Gasteiger partial charge in [0.1, 0.15) is 0 Å². The average molecular weight is 263 g/mol. The summed E-state index contributed by atoms with van der Waals surface area (Å²) in [5.74, 6) is 0.926. The van der Waals surface area contributed by atoms with E-state index in [1.165, 1.54) is 0 Å². The van der Waals surface area contributed by atoms with Gasteiger partial charge < -0.3 is 4.90 Å². The monoisotopic (exact) mass is 263 g/mol. The summed E-state index contributed by atoms with van der Waals surface area (Å²) in [6.45, 7) is 0. The Kier molecular flexibility index (Phi) is 3.25. The molecule has 20 heavy (non-hydrogen) atoms. The fraction of sp³-hybridized carbons (Fsp3) is 0.118. The Labute approximate surface area is 119 Å². The van der Waals surface area contributed by atoms with Crippen LogP contribution in [-0.2, 0) is 0 Å². The maximum Gasteiger partial charge on any atom is 0.210 e. The number of nitrogens with zero attached hydrogens (tertiary/aromatic N) is 3. The number of hydrogen-bond acceptors (Lipinski definition) is 2. The minimum atomic E-state index is 0.926. The van der Waals surface area contributed by atoms with Crippen molar-refractivity contribution in [1.82, 2.24) is 9.55 Å². The predicted molar refractivity (Wildman–Crippen MR) is 83.3 cm³/mol. The number of rotatable bonds is 3. The standard InChI is InChI=1S/C17H17N3/c1-19(2)17-18-16(14-9-5-3-6-10-14)13-20(17)15-11-7-4-8-12-15/h3-13H,1-2H3. The zero-order chi connectivity index (χ0) is 13.9. The summed E-state index contributed by atoms with van der Waals surface area (Å²) in [4.78, 5) is 6.77. The Morgan fingerprint density at radius 2 is 1.45 bits per heavy atom. The molecule has 0 saturated heterocycles. The lowest BCUT2D eigenvalue weighted by molar-refractivity contribution is 0.954. The van der Waals surface area contributed by atoms with E-state index < -0.39 is 0 Å². The van der Waals surface area contributed by atoms with E-state index in [9.17, 15) is 0 Å². The number of para-hydroxylation sites is 1. The third kappa shape index (κ3) is 2.30. The molecule has 2 aromatic carbocycles. The molecule has 0 bridgehead atoms. The van der Waals surface area contributed by atoms with Gasteiger partial charge >= 0.3 is 0 Å². The van der Waals surface area contributed by atoms with Crippen LogP contribution in [0.1, 0.15) is 0 Å². The van der Waals surface area contributed by atoms with Gasteiger partial charge in [0.05, 0.1) is 5.69 Å². The van der Waals surface area contributed by atoms with Crippen molar-refractivity contribution in [3.63, 3.8) is 0 Å². The van der Waals surface area contributed by atoms with Gasteiger partial charge in [0.25, 0.3) is 0 Å². The second kappa shape index (κ2) is 5.21. The quantitative estimate of drug-likeness (QED) is 0.720. The van der Waals surface area contributed by atoms with Crippen LogP contribution in [0.5, 0.6) is 0 Å². The van der Waals surface area contributed by atoms with Crippen LogP contribution >= 0.6 is 0 Å². The van der Waals surface area contributed by atoms with Crippen LogP contribution in [-0.4, -0.2) is 23.6 Å². The smallest absolute Gasteiger partial charge is 0.210 e. The SMILES string of the molecule is CN(C)c1nc(-c2ccccc2)cn1-c1ccccc1. The third-order valence-corrected chi connectivity index (χ3v) is 3.19. The first-order valence-corrected chi connectivity index (χ1v) is 6.63. The fourth-order valence-electron chi connectivity index (χ4n) is 2.21. The molecule has 1 heterocycles. The third-order valence-electron chi connectivity index (χ3n) is 3.19. The number of imidazole rings is 1. The maximum absolute atomic E-state index is 4.75. The lowest BCUT2D eigenvalue weighted by atomic mass is 10.2. The van der Waals surface area contributed by atoms with Gasteiger partial charge in [-0.25, -0.2) is 4.98 Å². The number of hydrogen-bond donors (Lipinski definition) is 0. The molecule has 3 aromatic rings. The topological polar surface area (TPSA) is 21.1 Å². The Morgan fingerprint density at radius 3 is 2.05 bits per heavy atom. The van der Waals surface area contributed by atoms with Gasteiger partial charge in [-0.2, -0.15) is 0 Å². The largest absolute Gasteiger partial charge is 0.348 e. The molecule has 3 heteroatoms. The van der Waals surface area contributed by atoms with Crippen molar-refractivity contribution >= 4 is 5.95 Å². The molecule has 0 spiro atoms. The summed E-state index contributed by atoms with van der Waals surface area (Å²) in [6, 6.07) is 20.5. The van der Waals surface area contributed by atoms with Crippen LogP contribution in [0.2, 0.25) is 0 Å². The number of anilines is 1. The van der Waals surface area contributed by atoms with Crippen molar-refractivity contribution in [2.75, 3.05) is 19.0 Å². The molecule has 0 amide bonds. The molecule has 0 aliphatic heterocycles. The van der Waals surface area contributed by atoms with Crippen LogP contribution in [0.4, 0.5) is 5.95 Å². The van der Waals surface area contributed by atoms with E-state index in [-0.39, 0.29) is 0 Å². The molecule has 0 fully saturated rings. The van der Waals surface area contributed by atoms with Crippen LogP contribution in [0.3, 0.4) is 0 Å². The van der Waals surface area contributed by atoms with E-state index >= 15 is 0 Å². The van der Waals surface area contributed by atoms with Gasteiger partial charge in [-0.3, -0.25) is 4.57 Å². The minimum Gasteiger partial charge on any atom is -0.348 e. The number of benzene rings is 2. The lowest BCUT2D eigenvalue weighted by Crippen LogP contribution is -2.14. The van der Waals surface area contributed by atoms with Crippen molar-refractivity contribution < 1.29 is 0 Å². The molecule has 1 aromatic heterocycles. The molecule has 3 rings (SSSR count). The fourth-order valence-corrected chi connectivity index (χ4v) is 2.21. The Bertz CT molecular complexity index is 685. The highest BCUT2D eigenvalue weighted by Gasteiger charge is 2.12. The minimum absolute atomic E-state index is 0.926. The molecule has 0 aliphatic carbocycles. The van der Waals surface area contributed by atoms with Gasteiger partial charge in [0.15, 0.2) is 0 Å². The Hall–Kier alpha value is -2.55. The van der Waals surface area contributed by atoms with Gasteiger partial charge in [0.2, 0.25) is 5.95 Å². The highest BCUT2D eigenvalue weighted by Crippen LogP contribution is 2.25. The van der Waals surface area contributed by atoms with Crippen molar-refractivity contribution in [2.45, 2.75) is 0 Å². The molecule has 3 nitrogen and oxygen atoms in total. The Morgan fingerprint density at radius 1 is 0.850 bits per heavy atom. The summed E-state index contributed by atoms with van der Waals surface area (Å²) in [7, 11) is 4.02. The second-order valence-electron chi connectivity index (χ2n) is 4.89. The number of aromatic nitrogens is 2. The molecular formula is C17H17N3. The highest BCUT2D eigenvalue weighted by atomic mass is 15.3. The summed E-state index contributed by atoms with van der Waals surface area (Å²) >= 11 is 0. The van der Waals surface area contributed by atoms with Crippen molar-refractivity contribution in [2.24, 2.45) is 0 Å². The molecule has 0 atom stereocenters. The van der Waals surface area contributed by atoms with Crippen LogP contribution in [0.15, 0.2) is 66.9 Å². The van der Waals surface area contributed by atoms with Gasteiger partial charge in [-0.1, -0.05) is 48.5 Å². The summed E-state index contributed by atoms with van der Waals surface area (Å²) < 4.78 is 2.11. The van der Waals surface area contributed by atoms with E-state index in [1.807, 2.05) is 55.4 Å². The molecule has 0 N–H and O–H groups in total. The van der Waals surface area contributed by atoms with Crippen LogP contribution in [0, 0.1) is 0 Å². The zero-order valence-corrected chi connectivity index (χ0v) is 11.7. The normalized spacial score (nSPS) is 10.5. The molecule has 100 valence electrons. The molecular weight excluding hydrogens is 246 g/mol. The van der Waals surface area contributed by atoms with E-state index in [0.717, 1.165) is 22.9 Å². The van der Waals surface area contributed by atoms with Crippen LogP contribution in [0.25, 0.3) is 16.9 Å². The van der Waals surface area contributed by atoms with Gasteiger partial charge in [-0.15, -0.1) is 0 Å². The van der Waals surface area contributed by atoms with Crippen LogP contribution < -0.4 is 4.90 Å². The maximum atomic E-state index is 4.75. The predicted octanol–water partition coefficient (Wildman–Crippen LogP) is 3.61. The molecule has 0 saturated carbocycles. The van der Waals surface area contributed by atoms with Crippen molar-refractivity contribution in [3.05, 3.63) is 66.9 Å². The Balaban J connectivity index is 2.13. The van der Waals surface area contributed by atoms with Gasteiger partial charge in [-0.05, 0) is 12.1 Å². The van der Waals surface area contributed by atoms with E-state index in [1.54, 1.807) is 0 Å². The highest BCUT2D eigenvalue weighted by molar-refractivity contribution is 5.62. The van der Waals surface area contributed by atoms with E-state index in [0.29, 0.717) is 0 Å². The first kappa shape index (κ1) is 12.5. The lowest BCUT2D eigenvalue weighted by Gasteiger charge is -2.13. The van der Waals surface area contributed by atoms with E-state index in [4.69, 9.17) is 4.98 Å². The van der Waals surface area contributed by atoms with Crippen molar-refractivity contribution in [3.8, 4) is 16.9 Å². The molecule has 0 aliphatic rings. The average Bonchev–Trinajstić information content (AvgIpc) is 2.94. The molecule has 0 unspecified atom stereocenters.